The van der Waals surface area contributed by atoms with Crippen LogP contribution in [0.15, 0.2) is 51.7 Å². The molecule has 1 heterocycles. The number of hydrogen-bond donors (Lipinski definition) is 0. The Bertz CT molecular complexity index is 711. The number of oxazole rings is 1. The molecule has 108 valence electrons. The predicted octanol–water partition coefficient (Wildman–Crippen LogP) is 4.36. The Hall–Kier alpha value is -2.16. The van der Waals surface area contributed by atoms with E-state index in [2.05, 4.69) is 31.0 Å². The first-order chi connectivity index (χ1) is 10.1. The Kier molecular flexibility index (Phi) is 3.50. The van der Waals surface area contributed by atoms with Crippen molar-refractivity contribution in [2.45, 2.75) is 39.5 Å². The van der Waals surface area contributed by atoms with E-state index >= 15 is 0 Å². The van der Waals surface area contributed by atoms with Crippen molar-refractivity contribution in [3.63, 3.8) is 0 Å². The van der Waals surface area contributed by atoms with Gasteiger partial charge < -0.3 is 4.42 Å². The van der Waals surface area contributed by atoms with Crippen LogP contribution in [0.2, 0.25) is 0 Å². The molecule has 0 aliphatic heterocycles. The van der Waals surface area contributed by atoms with E-state index in [1.54, 1.807) is 12.3 Å². The molecule has 0 unspecified atom stereocenters. The van der Waals surface area contributed by atoms with Crippen molar-refractivity contribution in [1.29, 1.82) is 0 Å². The quantitative estimate of drug-likeness (QED) is 0.827. The summed E-state index contributed by atoms with van der Waals surface area (Å²) in [5, 5.41) is 0. The largest absolute Gasteiger partial charge is 0.448 e. The number of carbonyl (C=O) groups excluding carboxylic acids is 1. The van der Waals surface area contributed by atoms with Crippen LogP contribution in [-0.4, -0.2) is 10.8 Å². The Morgan fingerprint density at radius 2 is 2.10 bits per heavy atom. The highest BCUT2D eigenvalue weighted by Gasteiger charge is 2.23. The van der Waals surface area contributed by atoms with Gasteiger partial charge >= 0.3 is 0 Å². The molecule has 0 saturated heterocycles. The summed E-state index contributed by atoms with van der Waals surface area (Å²) in [6.07, 6.45) is 10.9. The molecule has 0 amide bonds. The maximum absolute atomic E-state index is 12.0. The van der Waals surface area contributed by atoms with Gasteiger partial charge in [-0.05, 0) is 29.2 Å². The first-order valence-corrected chi connectivity index (χ1v) is 7.41. The van der Waals surface area contributed by atoms with Crippen molar-refractivity contribution in [2.75, 3.05) is 0 Å². The van der Waals surface area contributed by atoms with E-state index in [9.17, 15) is 4.79 Å². The van der Waals surface area contributed by atoms with Crippen molar-refractivity contribution in [3.8, 4) is 0 Å². The Morgan fingerprint density at radius 1 is 1.29 bits per heavy atom. The standard InChI is InChI=1S/C18H19NO2/c1-4-14-15-9-13(6-5-12(15)7-8-17(14)20)16-10-21-18(19-16)11(2)3/h5-8,10-11H,4,9H2,1-3H3. The van der Waals surface area contributed by atoms with E-state index < -0.39 is 0 Å². The smallest absolute Gasteiger partial charge is 0.197 e. The Balaban J connectivity index is 1.98. The lowest BCUT2D eigenvalue weighted by molar-refractivity contribution is -0.111. The van der Waals surface area contributed by atoms with Crippen molar-refractivity contribution in [3.05, 3.63) is 58.9 Å². The third kappa shape index (κ3) is 2.44. The van der Waals surface area contributed by atoms with Crippen molar-refractivity contribution in [1.82, 2.24) is 4.98 Å². The van der Waals surface area contributed by atoms with E-state index in [4.69, 9.17) is 4.42 Å². The van der Waals surface area contributed by atoms with Crippen molar-refractivity contribution < 1.29 is 9.21 Å². The van der Waals surface area contributed by atoms with Crippen LogP contribution in [0, 0.1) is 0 Å². The van der Waals surface area contributed by atoms with Gasteiger partial charge in [-0.25, -0.2) is 4.98 Å². The van der Waals surface area contributed by atoms with Gasteiger partial charge in [0, 0.05) is 17.9 Å². The van der Waals surface area contributed by atoms with Gasteiger partial charge in [-0.2, -0.15) is 0 Å². The lowest BCUT2D eigenvalue weighted by Gasteiger charge is -2.21. The predicted molar refractivity (Wildman–Crippen MR) is 82.7 cm³/mol. The molecule has 0 fully saturated rings. The van der Waals surface area contributed by atoms with Gasteiger partial charge in [0.2, 0.25) is 0 Å². The van der Waals surface area contributed by atoms with Gasteiger partial charge in [0.1, 0.15) is 12.0 Å². The van der Waals surface area contributed by atoms with E-state index in [0.29, 0.717) is 0 Å². The average molecular weight is 281 g/mol. The van der Waals surface area contributed by atoms with Crippen LogP contribution in [0.4, 0.5) is 0 Å². The van der Waals surface area contributed by atoms with Crippen LogP contribution >= 0.6 is 0 Å². The monoisotopic (exact) mass is 281 g/mol. The Morgan fingerprint density at radius 3 is 2.76 bits per heavy atom. The molecule has 2 aliphatic rings. The van der Waals surface area contributed by atoms with Crippen LogP contribution in [0.3, 0.4) is 0 Å². The van der Waals surface area contributed by atoms with Crippen LogP contribution in [0.1, 0.15) is 51.1 Å². The molecule has 0 radical (unpaired) electrons. The fraction of sp³-hybridized carbons (Fsp3) is 0.333. The fourth-order valence-electron chi connectivity index (χ4n) is 2.76. The molecule has 0 atom stereocenters. The molecule has 21 heavy (non-hydrogen) atoms. The molecule has 0 bridgehead atoms. The molecule has 1 aromatic heterocycles. The summed E-state index contributed by atoms with van der Waals surface area (Å²) in [6, 6.07) is 0. The Labute approximate surface area is 124 Å². The molecule has 0 aromatic carbocycles. The van der Waals surface area contributed by atoms with Gasteiger partial charge in [-0.15, -0.1) is 0 Å². The molecule has 0 spiro atoms. The maximum Gasteiger partial charge on any atom is 0.197 e. The van der Waals surface area contributed by atoms with Gasteiger partial charge in [0.15, 0.2) is 11.7 Å². The zero-order chi connectivity index (χ0) is 15.0. The van der Waals surface area contributed by atoms with E-state index in [-0.39, 0.29) is 11.7 Å². The second-order valence-corrected chi connectivity index (χ2v) is 5.72. The van der Waals surface area contributed by atoms with Gasteiger partial charge in [0.25, 0.3) is 0 Å². The summed E-state index contributed by atoms with van der Waals surface area (Å²) in [5.74, 6) is 1.16. The lowest BCUT2D eigenvalue weighted by Crippen LogP contribution is -2.11. The molecule has 2 aliphatic carbocycles. The maximum atomic E-state index is 12.0. The fourth-order valence-corrected chi connectivity index (χ4v) is 2.76. The van der Waals surface area contributed by atoms with Crippen LogP contribution in [0.5, 0.6) is 0 Å². The van der Waals surface area contributed by atoms with Crippen LogP contribution < -0.4 is 0 Å². The van der Waals surface area contributed by atoms with E-state index in [1.807, 2.05) is 13.0 Å². The summed E-state index contributed by atoms with van der Waals surface area (Å²) >= 11 is 0. The highest BCUT2D eigenvalue weighted by molar-refractivity contribution is 6.07. The van der Waals surface area contributed by atoms with Gasteiger partial charge in [-0.1, -0.05) is 39.0 Å². The number of aromatic nitrogens is 1. The number of rotatable bonds is 3. The summed E-state index contributed by atoms with van der Waals surface area (Å²) in [7, 11) is 0. The molecule has 0 saturated carbocycles. The van der Waals surface area contributed by atoms with Crippen LogP contribution in [0.25, 0.3) is 5.57 Å². The number of carbonyl (C=O) groups is 1. The zero-order valence-electron chi connectivity index (χ0n) is 12.6. The summed E-state index contributed by atoms with van der Waals surface area (Å²) in [6.45, 7) is 6.15. The molecular formula is C18H19NO2. The average Bonchev–Trinajstić information content (AvgIpc) is 2.96. The van der Waals surface area contributed by atoms with Crippen molar-refractivity contribution in [2.24, 2.45) is 0 Å². The molecule has 1 aromatic rings. The second kappa shape index (κ2) is 5.32. The number of allylic oxidation sites excluding steroid dienone is 8. The lowest BCUT2D eigenvalue weighted by atomic mass is 9.82. The highest BCUT2D eigenvalue weighted by atomic mass is 16.3. The second-order valence-electron chi connectivity index (χ2n) is 5.72. The summed E-state index contributed by atoms with van der Waals surface area (Å²) in [5.41, 5.74) is 5.18. The number of nitrogens with zero attached hydrogens (tertiary/aromatic N) is 1. The minimum atomic E-state index is 0.133. The minimum absolute atomic E-state index is 0.133. The summed E-state index contributed by atoms with van der Waals surface area (Å²) < 4.78 is 5.52. The first kappa shape index (κ1) is 13.8. The number of hydrogen-bond acceptors (Lipinski definition) is 3. The normalized spacial score (nSPS) is 18.0. The van der Waals surface area contributed by atoms with Crippen LogP contribution in [-0.2, 0) is 4.79 Å². The first-order valence-electron chi connectivity index (χ1n) is 7.41. The third-order valence-electron chi connectivity index (χ3n) is 3.95. The van der Waals surface area contributed by atoms with E-state index in [0.717, 1.165) is 46.7 Å². The van der Waals surface area contributed by atoms with Gasteiger partial charge in [-0.3, -0.25) is 4.79 Å². The summed E-state index contributed by atoms with van der Waals surface area (Å²) in [4.78, 5) is 16.5. The molecule has 3 heteroatoms. The molecule has 3 nitrogen and oxygen atoms in total. The topological polar surface area (TPSA) is 43.1 Å². The number of ketones is 1. The zero-order valence-corrected chi connectivity index (χ0v) is 12.6. The SMILES string of the molecule is CCC1=C2CC(c3coc(C(C)C)n3)=CC=C2C=CC1=O. The molecular weight excluding hydrogens is 262 g/mol. The van der Waals surface area contributed by atoms with Crippen molar-refractivity contribution >= 4 is 11.4 Å². The van der Waals surface area contributed by atoms with Gasteiger partial charge in [0.05, 0.1) is 0 Å². The number of fused-ring (bicyclic) bond motifs is 1. The highest BCUT2D eigenvalue weighted by Crippen LogP contribution is 2.36. The third-order valence-corrected chi connectivity index (χ3v) is 3.95. The minimum Gasteiger partial charge on any atom is -0.448 e. The molecule has 0 N–H and O–H groups in total. The van der Waals surface area contributed by atoms with E-state index in [1.165, 1.54) is 0 Å². The molecule has 3 rings (SSSR count).